The lowest BCUT2D eigenvalue weighted by molar-refractivity contribution is -0.218. The predicted octanol–water partition coefficient (Wildman–Crippen LogP) is 0.281. The van der Waals surface area contributed by atoms with Gasteiger partial charge in [0.25, 0.3) is 0 Å². The van der Waals surface area contributed by atoms with E-state index in [-0.39, 0.29) is 18.8 Å². The van der Waals surface area contributed by atoms with Crippen LogP contribution < -0.4 is 0 Å². The monoisotopic (exact) mass is 470 g/mol. The van der Waals surface area contributed by atoms with Gasteiger partial charge in [0.15, 0.2) is 0 Å². The van der Waals surface area contributed by atoms with E-state index >= 15 is 0 Å². The second-order valence-corrected chi connectivity index (χ2v) is 12.0. The molecular weight excluding hydrogens is 432 g/mol. The summed E-state index contributed by atoms with van der Waals surface area (Å²) < 4.78 is 11.5. The molecule has 2 bridgehead atoms. The molecule has 188 valence electrons. The number of aliphatic hydroxyl groups is 5. The molecule has 0 aromatic heterocycles. The van der Waals surface area contributed by atoms with Crippen molar-refractivity contribution in [3.63, 3.8) is 0 Å². The molecule has 0 radical (unpaired) electrons. The minimum absolute atomic E-state index is 0.00780. The van der Waals surface area contributed by atoms with E-state index in [0.29, 0.717) is 12.8 Å². The van der Waals surface area contributed by atoms with Gasteiger partial charge >= 0.3 is 11.9 Å². The molecule has 4 aliphatic rings. The van der Waals surface area contributed by atoms with Crippen molar-refractivity contribution in [1.82, 2.24) is 0 Å². The predicted molar refractivity (Wildman–Crippen MR) is 114 cm³/mol. The molecule has 4 saturated carbocycles. The normalized spacial score (nSPS) is 54.7. The SMILES string of the molecule is CC(=O)O[C@H]1[C@H]2CC[C@H]3[C@@](C)(O)[C@@H]4[C@@H](O)[C@H](O)C(C)(C)[C@@]4(O)[C@H](OC(C)=O)C[C@@]13C[C@@]2(C)O. The number of esters is 2. The van der Waals surface area contributed by atoms with Crippen molar-refractivity contribution in [3.8, 4) is 0 Å². The molecule has 1 spiro atoms. The lowest BCUT2D eigenvalue weighted by Gasteiger charge is -2.52. The van der Waals surface area contributed by atoms with Crippen LogP contribution in [0.2, 0.25) is 0 Å². The average molecular weight is 471 g/mol. The second kappa shape index (κ2) is 7.13. The highest BCUT2D eigenvalue weighted by Gasteiger charge is 2.79. The third kappa shape index (κ3) is 3.02. The van der Waals surface area contributed by atoms with Crippen LogP contribution in [0.5, 0.6) is 0 Å². The zero-order valence-corrected chi connectivity index (χ0v) is 20.2. The number of aliphatic hydroxyl groups excluding tert-OH is 2. The van der Waals surface area contributed by atoms with Crippen molar-refractivity contribution in [2.75, 3.05) is 0 Å². The summed E-state index contributed by atoms with van der Waals surface area (Å²) in [5.74, 6) is -3.42. The van der Waals surface area contributed by atoms with Crippen LogP contribution in [0.3, 0.4) is 0 Å². The number of ether oxygens (including phenoxy) is 2. The van der Waals surface area contributed by atoms with Gasteiger partial charge in [0, 0.05) is 36.5 Å². The molecule has 11 atom stereocenters. The summed E-state index contributed by atoms with van der Waals surface area (Å²) in [6.07, 6.45) is -3.74. The lowest BCUT2D eigenvalue weighted by Crippen LogP contribution is -2.62. The lowest BCUT2D eigenvalue weighted by atomic mass is 9.57. The number of rotatable bonds is 2. The van der Waals surface area contributed by atoms with E-state index in [1.807, 2.05) is 0 Å². The zero-order valence-electron chi connectivity index (χ0n) is 20.2. The van der Waals surface area contributed by atoms with Gasteiger partial charge in [-0.05, 0) is 45.4 Å². The van der Waals surface area contributed by atoms with E-state index in [9.17, 15) is 35.1 Å². The Labute approximate surface area is 194 Å². The topological polar surface area (TPSA) is 154 Å². The van der Waals surface area contributed by atoms with E-state index < -0.39 is 75.8 Å². The van der Waals surface area contributed by atoms with Crippen molar-refractivity contribution in [2.24, 2.45) is 28.6 Å². The molecular formula is C24H38O9. The Bertz CT molecular complexity index is 851. The molecule has 5 N–H and O–H groups in total. The first-order valence-electron chi connectivity index (χ1n) is 11.8. The van der Waals surface area contributed by atoms with Gasteiger partial charge in [0.1, 0.15) is 17.8 Å². The molecule has 0 amide bonds. The molecule has 0 unspecified atom stereocenters. The Kier molecular flexibility index (Phi) is 5.37. The maximum absolute atomic E-state index is 12.2. The molecule has 0 aromatic rings. The summed E-state index contributed by atoms with van der Waals surface area (Å²) >= 11 is 0. The number of carbonyl (C=O) groups is 2. The molecule has 33 heavy (non-hydrogen) atoms. The van der Waals surface area contributed by atoms with Gasteiger partial charge in [0.05, 0.1) is 23.4 Å². The maximum atomic E-state index is 12.2. The fraction of sp³-hybridized carbons (Fsp3) is 0.917. The van der Waals surface area contributed by atoms with Crippen LogP contribution in [-0.2, 0) is 19.1 Å². The highest BCUT2D eigenvalue weighted by Crippen LogP contribution is 2.70. The Hall–Kier alpha value is -1.26. The minimum atomic E-state index is -1.99. The van der Waals surface area contributed by atoms with Crippen LogP contribution in [0, 0.1) is 28.6 Å². The summed E-state index contributed by atoms with van der Waals surface area (Å²) in [6, 6.07) is 0. The number of hydrogen-bond donors (Lipinski definition) is 5. The molecule has 4 rings (SSSR count). The van der Waals surface area contributed by atoms with Crippen LogP contribution >= 0.6 is 0 Å². The van der Waals surface area contributed by atoms with E-state index in [1.165, 1.54) is 20.8 Å². The van der Waals surface area contributed by atoms with Crippen molar-refractivity contribution < 1.29 is 44.6 Å². The largest absolute Gasteiger partial charge is 0.462 e. The van der Waals surface area contributed by atoms with Crippen molar-refractivity contribution in [1.29, 1.82) is 0 Å². The summed E-state index contributed by atoms with van der Waals surface area (Å²) in [4.78, 5) is 24.3. The Morgan fingerprint density at radius 1 is 0.909 bits per heavy atom. The molecule has 0 aromatic carbocycles. The first kappa shape index (κ1) is 24.9. The summed E-state index contributed by atoms with van der Waals surface area (Å²) in [6.45, 7) is 8.88. The molecule has 9 heteroatoms. The van der Waals surface area contributed by atoms with Crippen molar-refractivity contribution >= 4 is 11.9 Å². The van der Waals surface area contributed by atoms with Crippen molar-refractivity contribution in [2.45, 2.75) is 108 Å². The van der Waals surface area contributed by atoms with Crippen LogP contribution in [0.25, 0.3) is 0 Å². The fourth-order valence-electron chi connectivity index (χ4n) is 8.59. The van der Waals surface area contributed by atoms with Gasteiger partial charge in [-0.1, -0.05) is 13.8 Å². The smallest absolute Gasteiger partial charge is 0.303 e. The zero-order chi connectivity index (χ0) is 24.9. The van der Waals surface area contributed by atoms with Crippen molar-refractivity contribution in [3.05, 3.63) is 0 Å². The molecule has 0 aliphatic heterocycles. The van der Waals surface area contributed by atoms with Gasteiger partial charge in [-0.25, -0.2) is 0 Å². The highest BCUT2D eigenvalue weighted by atomic mass is 16.6. The third-order valence-corrected chi connectivity index (χ3v) is 9.78. The quantitative estimate of drug-likeness (QED) is 0.358. The van der Waals surface area contributed by atoms with Gasteiger partial charge in [-0.3, -0.25) is 9.59 Å². The maximum Gasteiger partial charge on any atom is 0.303 e. The standard InChI is InChI=1S/C24H38O9/c1-11(25)32-15-9-23-10-21(5,29)13(19(23)33-12(2)26)7-8-14(23)22(6,30)17-16(27)18(28)20(3,4)24(15,17)31/h13-19,27-31H,7-10H2,1-6H3/t13-,14+,15-,16-,17+,18+,19+,21-,22-,23+,24-/m1/s1. The molecule has 0 heterocycles. The van der Waals surface area contributed by atoms with E-state index in [2.05, 4.69) is 0 Å². The van der Waals surface area contributed by atoms with Crippen LogP contribution in [-0.4, -0.2) is 78.7 Å². The van der Waals surface area contributed by atoms with Gasteiger partial charge in [-0.2, -0.15) is 0 Å². The number of hydrogen-bond acceptors (Lipinski definition) is 9. The Morgan fingerprint density at radius 3 is 2.03 bits per heavy atom. The fourth-order valence-corrected chi connectivity index (χ4v) is 8.59. The Balaban J connectivity index is 1.98. The van der Waals surface area contributed by atoms with E-state index in [4.69, 9.17) is 9.47 Å². The van der Waals surface area contributed by atoms with Gasteiger partial charge in [0.2, 0.25) is 0 Å². The van der Waals surface area contributed by atoms with Gasteiger partial charge < -0.3 is 35.0 Å². The molecule has 4 fully saturated rings. The number of carbonyl (C=O) groups excluding carboxylic acids is 2. The highest BCUT2D eigenvalue weighted by molar-refractivity contribution is 5.67. The van der Waals surface area contributed by atoms with Gasteiger partial charge in [-0.15, -0.1) is 0 Å². The molecule has 9 nitrogen and oxygen atoms in total. The van der Waals surface area contributed by atoms with E-state index in [0.717, 1.165) is 0 Å². The first-order chi connectivity index (χ1) is 14.9. The summed E-state index contributed by atoms with van der Waals surface area (Å²) in [7, 11) is 0. The van der Waals surface area contributed by atoms with Crippen LogP contribution in [0.15, 0.2) is 0 Å². The molecule has 0 saturated heterocycles. The Morgan fingerprint density at radius 2 is 1.48 bits per heavy atom. The minimum Gasteiger partial charge on any atom is -0.462 e. The summed E-state index contributed by atoms with van der Waals surface area (Å²) in [5, 5.41) is 57.7. The second-order valence-electron chi connectivity index (χ2n) is 12.0. The number of fused-ring (bicyclic) bond motifs is 2. The average Bonchev–Trinajstić information content (AvgIpc) is 2.83. The summed E-state index contributed by atoms with van der Waals surface area (Å²) in [5.41, 5.74) is -7.29. The van der Waals surface area contributed by atoms with Crippen LogP contribution in [0.1, 0.15) is 67.2 Å². The third-order valence-electron chi connectivity index (χ3n) is 9.78. The molecule has 4 aliphatic carbocycles. The first-order valence-corrected chi connectivity index (χ1v) is 11.8. The van der Waals surface area contributed by atoms with E-state index in [1.54, 1.807) is 20.8 Å². The van der Waals surface area contributed by atoms with Crippen LogP contribution in [0.4, 0.5) is 0 Å².